The van der Waals surface area contributed by atoms with Crippen molar-refractivity contribution in [3.05, 3.63) is 45.9 Å². The minimum Gasteiger partial charge on any atom is -0.481 e. The Balaban J connectivity index is 1.49. The second kappa shape index (κ2) is 7.36. The molecule has 7 heteroatoms. The zero-order valence-corrected chi connectivity index (χ0v) is 14.8. The van der Waals surface area contributed by atoms with Crippen LogP contribution in [0.25, 0.3) is 0 Å². The fourth-order valence-electron chi connectivity index (χ4n) is 2.54. The first-order chi connectivity index (χ1) is 11.5. The van der Waals surface area contributed by atoms with E-state index >= 15 is 0 Å². The summed E-state index contributed by atoms with van der Waals surface area (Å²) in [6.45, 7) is 1.99. The average Bonchev–Trinajstić information content (AvgIpc) is 2.94. The molecule has 126 valence electrons. The van der Waals surface area contributed by atoms with Gasteiger partial charge in [-0.2, -0.15) is 0 Å². The van der Waals surface area contributed by atoms with Crippen molar-refractivity contribution < 1.29 is 14.7 Å². The van der Waals surface area contributed by atoms with E-state index in [4.69, 9.17) is 5.11 Å². The summed E-state index contributed by atoms with van der Waals surface area (Å²) in [5.74, 6) is -0.426. The van der Waals surface area contributed by atoms with Gasteiger partial charge in [-0.05, 0) is 44.0 Å². The van der Waals surface area contributed by atoms with Crippen molar-refractivity contribution in [2.45, 2.75) is 36.5 Å². The number of thioether (sulfide) groups is 1. The SMILES string of the molecule is Cc1nc(CSc2ccc(C(=O)NC3CC(C(=O)O)C3)cc2)cs1. The van der Waals surface area contributed by atoms with Crippen LogP contribution in [-0.4, -0.2) is 28.0 Å². The quantitative estimate of drug-likeness (QED) is 0.771. The Labute approximate surface area is 148 Å². The zero-order chi connectivity index (χ0) is 17.1. The standard InChI is InChI=1S/C17H18N2O3S2/c1-10-18-14(8-23-10)9-24-15-4-2-11(3-5-15)16(20)19-13-6-12(7-13)17(21)22/h2-5,8,12-13H,6-7,9H2,1H3,(H,19,20)(H,21,22). The number of aliphatic carboxylic acids is 1. The lowest BCUT2D eigenvalue weighted by atomic mass is 9.80. The molecule has 1 aromatic heterocycles. The summed E-state index contributed by atoms with van der Waals surface area (Å²) in [7, 11) is 0. The largest absolute Gasteiger partial charge is 0.481 e. The van der Waals surface area contributed by atoms with Gasteiger partial charge in [-0.15, -0.1) is 23.1 Å². The van der Waals surface area contributed by atoms with Gasteiger partial charge in [-0.1, -0.05) is 0 Å². The number of hydrogen-bond donors (Lipinski definition) is 2. The molecule has 1 amide bonds. The minimum absolute atomic E-state index is 0.0273. The summed E-state index contributed by atoms with van der Waals surface area (Å²) in [6.07, 6.45) is 1.03. The predicted molar refractivity (Wildman–Crippen MR) is 94.5 cm³/mol. The maximum Gasteiger partial charge on any atom is 0.306 e. The van der Waals surface area contributed by atoms with Crippen LogP contribution in [0.5, 0.6) is 0 Å². The highest BCUT2D eigenvalue weighted by Gasteiger charge is 2.35. The smallest absolute Gasteiger partial charge is 0.306 e. The molecule has 1 aromatic carbocycles. The van der Waals surface area contributed by atoms with Crippen LogP contribution in [0.2, 0.25) is 0 Å². The lowest BCUT2D eigenvalue weighted by Crippen LogP contribution is -2.46. The number of thiazole rings is 1. The number of carboxylic acid groups (broad SMARTS) is 1. The molecule has 5 nitrogen and oxygen atoms in total. The number of carbonyl (C=O) groups is 2. The number of aromatic nitrogens is 1. The number of amides is 1. The molecule has 0 spiro atoms. The van der Waals surface area contributed by atoms with E-state index in [9.17, 15) is 9.59 Å². The number of nitrogens with one attached hydrogen (secondary N) is 1. The Hall–Kier alpha value is -1.86. The van der Waals surface area contributed by atoms with Gasteiger partial charge in [0.05, 0.1) is 16.6 Å². The molecule has 1 aliphatic rings. The van der Waals surface area contributed by atoms with Gasteiger partial charge in [-0.3, -0.25) is 9.59 Å². The number of carbonyl (C=O) groups excluding carboxylic acids is 1. The Morgan fingerprint density at radius 3 is 2.62 bits per heavy atom. The van der Waals surface area contributed by atoms with Crippen LogP contribution >= 0.6 is 23.1 Å². The number of hydrogen-bond acceptors (Lipinski definition) is 5. The number of carboxylic acids is 1. The topological polar surface area (TPSA) is 79.3 Å². The molecule has 2 N–H and O–H groups in total. The highest BCUT2D eigenvalue weighted by Crippen LogP contribution is 2.28. The van der Waals surface area contributed by atoms with Crippen LogP contribution in [0, 0.1) is 12.8 Å². The molecule has 24 heavy (non-hydrogen) atoms. The summed E-state index contributed by atoms with van der Waals surface area (Å²) in [5.41, 5.74) is 1.67. The average molecular weight is 362 g/mol. The van der Waals surface area contributed by atoms with Crippen molar-refractivity contribution >= 4 is 35.0 Å². The van der Waals surface area contributed by atoms with Crippen molar-refractivity contribution in [2.75, 3.05) is 0 Å². The lowest BCUT2D eigenvalue weighted by Gasteiger charge is -2.32. The maximum atomic E-state index is 12.1. The number of nitrogens with zero attached hydrogens (tertiary/aromatic N) is 1. The van der Waals surface area contributed by atoms with E-state index in [0.717, 1.165) is 21.3 Å². The zero-order valence-electron chi connectivity index (χ0n) is 13.2. The van der Waals surface area contributed by atoms with E-state index in [-0.39, 0.29) is 17.9 Å². The normalized spacial score (nSPS) is 19.5. The molecular weight excluding hydrogens is 344 g/mol. The van der Waals surface area contributed by atoms with Gasteiger partial charge in [0.25, 0.3) is 5.91 Å². The summed E-state index contributed by atoms with van der Waals surface area (Å²) in [5, 5.41) is 14.9. The van der Waals surface area contributed by atoms with Gasteiger partial charge in [0, 0.05) is 27.6 Å². The number of benzene rings is 1. The van der Waals surface area contributed by atoms with Gasteiger partial charge in [0.15, 0.2) is 0 Å². The monoisotopic (exact) mass is 362 g/mol. The van der Waals surface area contributed by atoms with E-state index in [2.05, 4.69) is 15.7 Å². The molecule has 1 aliphatic carbocycles. The molecule has 1 fully saturated rings. The van der Waals surface area contributed by atoms with Gasteiger partial charge in [0.2, 0.25) is 0 Å². The van der Waals surface area contributed by atoms with Crippen molar-refractivity contribution in [2.24, 2.45) is 5.92 Å². The predicted octanol–water partition coefficient (Wildman–Crippen LogP) is 3.34. The van der Waals surface area contributed by atoms with Crippen LogP contribution in [0.3, 0.4) is 0 Å². The summed E-state index contributed by atoms with van der Waals surface area (Å²) >= 11 is 3.33. The van der Waals surface area contributed by atoms with Gasteiger partial charge in [-0.25, -0.2) is 4.98 Å². The summed E-state index contributed by atoms with van der Waals surface area (Å²) in [6, 6.07) is 7.44. The maximum absolute atomic E-state index is 12.1. The Kier molecular flexibility index (Phi) is 5.20. The summed E-state index contributed by atoms with van der Waals surface area (Å²) in [4.78, 5) is 28.4. The molecule has 0 saturated heterocycles. The van der Waals surface area contributed by atoms with E-state index in [1.54, 1.807) is 35.2 Å². The van der Waals surface area contributed by atoms with Crippen molar-refractivity contribution in [3.8, 4) is 0 Å². The van der Waals surface area contributed by atoms with Crippen LogP contribution in [0.4, 0.5) is 0 Å². The Morgan fingerprint density at radius 1 is 1.33 bits per heavy atom. The van der Waals surface area contributed by atoms with Crippen molar-refractivity contribution in [3.63, 3.8) is 0 Å². The fraction of sp³-hybridized carbons (Fsp3) is 0.353. The molecule has 1 saturated carbocycles. The molecule has 0 atom stereocenters. The first-order valence-corrected chi connectivity index (χ1v) is 9.55. The third-order valence-electron chi connectivity index (χ3n) is 3.99. The molecule has 0 bridgehead atoms. The van der Waals surface area contributed by atoms with Crippen LogP contribution in [0.1, 0.15) is 33.9 Å². The van der Waals surface area contributed by atoms with Crippen molar-refractivity contribution in [1.82, 2.24) is 10.3 Å². The highest BCUT2D eigenvalue weighted by molar-refractivity contribution is 7.98. The molecule has 2 aromatic rings. The van der Waals surface area contributed by atoms with Gasteiger partial charge >= 0.3 is 5.97 Å². The van der Waals surface area contributed by atoms with Gasteiger partial charge < -0.3 is 10.4 Å². The summed E-state index contributed by atoms with van der Waals surface area (Å²) < 4.78 is 0. The molecule has 0 radical (unpaired) electrons. The molecular formula is C17H18N2O3S2. The minimum atomic E-state index is -0.780. The van der Waals surface area contributed by atoms with Crippen molar-refractivity contribution in [1.29, 1.82) is 0 Å². The van der Waals surface area contributed by atoms with E-state index in [1.165, 1.54) is 0 Å². The first kappa shape index (κ1) is 17.0. The van der Waals surface area contributed by atoms with E-state index < -0.39 is 5.97 Å². The van der Waals surface area contributed by atoms with Crippen LogP contribution in [-0.2, 0) is 10.5 Å². The van der Waals surface area contributed by atoms with Crippen LogP contribution in [0.15, 0.2) is 34.5 Å². The fourth-order valence-corrected chi connectivity index (χ4v) is 4.05. The van der Waals surface area contributed by atoms with Crippen LogP contribution < -0.4 is 5.32 Å². The third-order valence-corrected chi connectivity index (χ3v) is 5.86. The first-order valence-electron chi connectivity index (χ1n) is 7.69. The number of aryl methyl sites for hydroxylation is 1. The van der Waals surface area contributed by atoms with Gasteiger partial charge in [0.1, 0.15) is 0 Å². The molecule has 0 unspecified atom stereocenters. The molecule has 1 heterocycles. The second-order valence-electron chi connectivity index (χ2n) is 5.85. The van der Waals surface area contributed by atoms with E-state index in [1.807, 2.05) is 19.1 Å². The number of rotatable bonds is 6. The third kappa shape index (κ3) is 4.15. The molecule has 3 rings (SSSR count). The lowest BCUT2D eigenvalue weighted by molar-refractivity contribution is -0.145. The second-order valence-corrected chi connectivity index (χ2v) is 7.96. The highest BCUT2D eigenvalue weighted by atomic mass is 32.2. The Bertz CT molecular complexity index is 737. The molecule has 0 aliphatic heterocycles. The Morgan fingerprint density at radius 2 is 2.04 bits per heavy atom. The van der Waals surface area contributed by atoms with E-state index in [0.29, 0.717) is 18.4 Å².